The fourth-order valence-electron chi connectivity index (χ4n) is 7.42. The van der Waals surface area contributed by atoms with Crippen LogP contribution in [0.3, 0.4) is 0 Å². The number of amidine groups is 2. The molecule has 0 aliphatic carbocycles. The molecule has 51 heavy (non-hydrogen) atoms. The summed E-state index contributed by atoms with van der Waals surface area (Å²) in [5.74, 6) is 1.45. The Balaban J connectivity index is 1.10. The number of benzene rings is 8. The van der Waals surface area contributed by atoms with Gasteiger partial charge in [0, 0.05) is 27.5 Å². The highest BCUT2D eigenvalue weighted by atomic mass is 16.3. The van der Waals surface area contributed by atoms with Gasteiger partial charge in [0.15, 0.2) is 5.84 Å². The van der Waals surface area contributed by atoms with Crippen LogP contribution in [0.25, 0.3) is 65.7 Å². The van der Waals surface area contributed by atoms with E-state index in [1.54, 1.807) is 0 Å². The minimum Gasteiger partial charge on any atom is -0.455 e. The van der Waals surface area contributed by atoms with E-state index in [0.29, 0.717) is 5.84 Å². The molecule has 8 aromatic carbocycles. The summed E-state index contributed by atoms with van der Waals surface area (Å²) in [5.41, 5.74) is 9.20. The van der Waals surface area contributed by atoms with E-state index in [9.17, 15) is 0 Å². The maximum atomic E-state index is 6.72. The molecule has 0 radical (unpaired) electrons. The largest absolute Gasteiger partial charge is 0.455 e. The number of fused-ring (bicyclic) bond motifs is 6. The Labute approximate surface area is 295 Å². The lowest BCUT2D eigenvalue weighted by Gasteiger charge is -2.24. The zero-order chi connectivity index (χ0) is 33.7. The molecule has 0 amide bonds. The third-order valence-corrected chi connectivity index (χ3v) is 9.94. The van der Waals surface area contributed by atoms with Crippen molar-refractivity contribution < 1.29 is 4.42 Å². The molecule has 4 heteroatoms. The predicted molar refractivity (Wildman–Crippen MR) is 211 cm³/mol. The van der Waals surface area contributed by atoms with Gasteiger partial charge in [0.2, 0.25) is 0 Å². The SMILES string of the molecule is c1ccc(-c2ccc(C3=NC(c4ccccc4)NC(c4cccc5oc6c(-c7ccc8c(ccc9ccccc98)c7)cccc6c45)=N3)cc2)cc1. The van der Waals surface area contributed by atoms with Gasteiger partial charge in [0.25, 0.3) is 0 Å². The molecule has 1 aliphatic heterocycles. The number of rotatable bonds is 5. The number of para-hydroxylation sites is 1. The van der Waals surface area contributed by atoms with E-state index in [1.807, 2.05) is 36.4 Å². The zero-order valence-corrected chi connectivity index (χ0v) is 27.6. The van der Waals surface area contributed by atoms with Gasteiger partial charge < -0.3 is 9.73 Å². The van der Waals surface area contributed by atoms with Crippen LogP contribution in [-0.4, -0.2) is 11.7 Å². The quantitative estimate of drug-likeness (QED) is 0.188. The van der Waals surface area contributed by atoms with E-state index in [2.05, 4.69) is 145 Å². The van der Waals surface area contributed by atoms with Crippen LogP contribution in [0.1, 0.15) is 22.9 Å². The third kappa shape index (κ3) is 5.08. The molecule has 0 saturated carbocycles. The summed E-state index contributed by atoms with van der Waals surface area (Å²) in [6, 6.07) is 61.6. The van der Waals surface area contributed by atoms with Crippen molar-refractivity contribution in [2.24, 2.45) is 9.98 Å². The molecule has 2 heterocycles. The highest BCUT2D eigenvalue weighted by Gasteiger charge is 2.24. The fraction of sp³-hybridized carbons (Fsp3) is 0.0213. The van der Waals surface area contributed by atoms with Crippen LogP contribution in [0, 0.1) is 0 Å². The normalized spacial score (nSPS) is 14.5. The van der Waals surface area contributed by atoms with E-state index < -0.39 is 0 Å². The molecule has 1 aromatic heterocycles. The van der Waals surface area contributed by atoms with Gasteiger partial charge in [0.05, 0.1) is 0 Å². The van der Waals surface area contributed by atoms with Gasteiger partial charge in [-0.05, 0) is 55.9 Å². The Morgan fingerprint density at radius 3 is 1.98 bits per heavy atom. The Hall–Kier alpha value is -6.78. The summed E-state index contributed by atoms with van der Waals surface area (Å²) < 4.78 is 6.72. The number of hydrogen-bond donors (Lipinski definition) is 1. The minimum absolute atomic E-state index is 0.305. The van der Waals surface area contributed by atoms with Gasteiger partial charge in [-0.3, -0.25) is 0 Å². The smallest absolute Gasteiger partial charge is 0.159 e. The molecule has 0 spiro atoms. The van der Waals surface area contributed by atoms with Gasteiger partial charge in [-0.1, -0.05) is 164 Å². The lowest BCUT2D eigenvalue weighted by Crippen LogP contribution is -2.33. The molecule has 9 aromatic rings. The highest BCUT2D eigenvalue weighted by molar-refractivity contribution is 6.23. The molecule has 1 atom stereocenters. The third-order valence-electron chi connectivity index (χ3n) is 9.94. The van der Waals surface area contributed by atoms with Crippen molar-refractivity contribution in [1.82, 2.24) is 5.32 Å². The van der Waals surface area contributed by atoms with Gasteiger partial charge in [-0.25, -0.2) is 9.98 Å². The first-order valence-corrected chi connectivity index (χ1v) is 17.3. The molecule has 1 N–H and O–H groups in total. The van der Waals surface area contributed by atoms with E-state index in [-0.39, 0.29) is 6.17 Å². The molecule has 0 bridgehead atoms. The van der Waals surface area contributed by atoms with Gasteiger partial charge in [0.1, 0.15) is 23.2 Å². The van der Waals surface area contributed by atoms with Gasteiger partial charge in [-0.2, -0.15) is 0 Å². The summed E-state index contributed by atoms with van der Waals surface area (Å²) in [6.45, 7) is 0. The first-order chi connectivity index (χ1) is 25.3. The summed E-state index contributed by atoms with van der Waals surface area (Å²) >= 11 is 0. The van der Waals surface area contributed by atoms with E-state index in [1.165, 1.54) is 27.1 Å². The van der Waals surface area contributed by atoms with Crippen molar-refractivity contribution in [2.45, 2.75) is 6.17 Å². The molecule has 0 fully saturated rings. The standard InChI is InChI=1S/C47H31N3O/c1-3-11-30(12-4-1)31-21-24-34(25-22-31)46-48-45(33-14-5-2-6-15-33)49-47(50-46)41-19-10-20-42-43(41)40-18-9-17-39(44(40)51-42)36-27-28-38-35(29-36)26-23-32-13-7-8-16-37(32)38/h1-29,45H,(H,48,49,50). The van der Waals surface area contributed by atoms with Crippen LogP contribution >= 0.6 is 0 Å². The van der Waals surface area contributed by atoms with Crippen LogP contribution in [-0.2, 0) is 0 Å². The number of furan rings is 1. The van der Waals surface area contributed by atoms with Crippen LogP contribution < -0.4 is 5.32 Å². The van der Waals surface area contributed by atoms with E-state index in [4.69, 9.17) is 14.4 Å². The number of aliphatic imine (C=N–C) groups is 2. The van der Waals surface area contributed by atoms with Crippen molar-refractivity contribution in [3.63, 3.8) is 0 Å². The average molecular weight is 654 g/mol. The number of hydrogen-bond acceptors (Lipinski definition) is 4. The Kier molecular flexibility index (Phi) is 6.85. The molecule has 10 rings (SSSR count). The molecular formula is C47H31N3O. The highest BCUT2D eigenvalue weighted by Crippen LogP contribution is 2.39. The molecule has 0 saturated heterocycles. The Bertz CT molecular complexity index is 2820. The minimum atomic E-state index is -0.305. The lowest BCUT2D eigenvalue weighted by molar-refractivity contribution is 0.668. The topological polar surface area (TPSA) is 49.9 Å². The molecule has 1 unspecified atom stereocenters. The number of nitrogens with zero attached hydrogens (tertiary/aromatic N) is 2. The fourth-order valence-corrected chi connectivity index (χ4v) is 7.42. The lowest BCUT2D eigenvalue weighted by atomic mass is 9.96. The van der Waals surface area contributed by atoms with Crippen molar-refractivity contribution in [3.05, 3.63) is 193 Å². The van der Waals surface area contributed by atoms with Crippen molar-refractivity contribution in [3.8, 4) is 22.3 Å². The second-order valence-corrected chi connectivity index (χ2v) is 13.0. The van der Waals surface area contributed by atoms with E-state index >= 15 is 0 Å². The Morgan fingerprint density at radius 2 is 1.12 bits per heavy atom. The zero-order valence-electron chi connectivity index (χ0n) is 27.6. The average Bonchev–Trinajstić information content (AvgIpc) is 3.60. The number of nitrogens with one attached hydrogen (secondary N) is 1. The maximum absolute atomic E-state index is 6.72. The maximum Gasteiger partial charge on any atom is 0.159 e. The summed E-state index contributed by atoms with van der Waals surface area (Å²) in [7, 11) is 0. The first-order valence-electron chi connectivity index (χ1n) is 17.3. The second kappa shape index (κ2) is 12.0. The predicted octanol–water partition coefficient (Wildman–Crippen LogP) is 11.7. The van der Waals surface area contributed by atoms with Crippen molar-refractivity contribution in [1.29, 1.82) is 0 Å². The molecule has 240 valence electrons. The summed E-state index contributed by atoms with van der Waals surface area (Å²) in [5, 5.41) is 10.7. The molecular weight excluding hydrogens is 623 g/mol. The summed E-state index contributed by atoms with van der Waals surface area (Å²) in [6.07, 6.45) is -0.305. The van der Waals surface area contributed by atoms with Gasteiger partial charge >= 0.3 is 0 Å². The molecule has 4 nitrogen and oxygen atoms in total. The van der Waals surface area contributed by atoms with Crippen molar-refractivity contribution >= 4 is 55.2 Å². The second-order valence-electron chi connectivity index (χ2n) is 13.0. The molecule has 1 aliphatic rings. The Morgan fingerprint density at radius 1 is 0.471 bits per heavy atom. The van der Waals surface area contributed by atoms with Crippen LogP contribution in [0.4, 0.5) is 0 Å². The van der Waals surface area contributed by atoms with Crippen LogP contribution in [0.15, 0.2) is 190 Å². The summed E-state index contributed by atoms with van der Waals surface area (Å²) in [4.78, 5) is 10.3. The van der Waals surface area contributed by atoms with Gasteiger partial charge in [-0.15, -0.1) is 0 Å². The van der Waals surface area contributed by atoms with Crippen LogP contribution in [0.5, 0.6) is 0 Å². The monoisotopic (exact) mass is 653 g/mol. The first kappa shape index (κ1) is 29.2. The van der Waals surface area contributed by atoms with E-state index in [0.717, 1.165) is 61.2 Å². The van der Waals surface area contributed by atoms with Crippen LogP contribution in [0.2, 0.25) is 0 Å². The van der Waals surface area contributed by atoms with Crippen molar-refractivity contribution in [2.75, 3.05) is 0 Å².